The number of carbonyl (C=O) groups is 2. The molecule has 7 nitrogen and oxygen atoms in total. The second-order valence-electron chi connectivity index (χ2n) is 6.45. The molecule has 0 saturated carbocycles. The molecule has 2 rings (SSSR count). The van der Waals surface area contributed by atoms with Gasteiger partial charge in [-0.1, -0.05) is 0 Å². The molecule has 25 heavy (non-hydrogen) atoms. The summed E-state index contributed by atoms with van der Waals surface area (Å²) < 4.78 is 7.08. The van der Waals surface area contributed by atoms with Crippen molar-refractivity contribution in [2.24, 2.45) is 0 Å². The summed E-state index contributed by atoms with van der Waals surface area (Å²) in [6.07, 6.45) is 3.40. The molecule has 0 radical (unpaired) electrons. The van der Waals surface area contributed by atoms with Crippen LogP contribution in [0.1, 0.15) is 20.8 Å². The lowest BCUT2D eigenvalue weighted by atomic mass is 10.2. The molecular weight excluding hydrogens is 320 g/mol. The minimum absolute atomic E-state index is 0.287. The minimum Gasteiger partial charge on any atom is -0.444 e. The highest BCUT2D eigenvalue weighted by Gasteiger charge is 2.15. The van der Waals surface area contributed by atoms with E-state index in [9.17, 15) is 9.59 Å². The Labute approximate surface area is 147 Å². The van der Waals surface area contributed by atoms with Crippen LogP contribution in [0.15, 0.2) is 48.8 Å². The second kappa shape index (κ2) is 8.23. The number of hydrogen-bond donors (Lipinski definition) is 3. The molecule has 0 spiro atoms. The number of amides is 3. The second-order valence-corrected chi connectivity index (χ2v) is 6.45. The van der Waals surface area contributed by atoms with Gasteiger partial charge in [-0.2, -0.15) is 0 Å². The maximum atomic E-state index is 11.8. The van der Waals surface area contributed by atoms with Crippen molar-refractivity contribution in [3.63, 3.8) is 0 Å². The molecule has 0 bridgehead atoms. The average molecular weight is 344 g/mol. The van der Waals surface area contributed by atoms with Gasteiger partial charge in [0.25, 0.3) is 0 Å². The first-order valence-corrected chi connectivity index (χ1v) is 8.08. The molecule has 1 aromatic carbocycles. The number of ether oxygens (including phenoxy) is 1. The molecule has 3 amide bonds. The van der Waals surface area contributed by atoms with Crippen LogP contribution in [0.25, 0.3) is 5.69 Å². The number of urea groups is 1. The Hall–Kier alpha value is -2.96. The maximum Gasteiger partial charge on any atom is 0.407 e. The predicted octanol–water partition coefficient (Wildman–Crippen LogP) is 3.12. The third-order valence-corrected chi connectivity index (χ3v) is 3.11. The van der Waals surface area contributed by atoms with Crippen LogP contribution in [0, 0.1) is 0 Å². The van der Waals surface area contributed by atoms with Crippen molar-refractivity contribution < 1.29 is 14.3 Å². The fourth-order valence-electron chi connectivity index (χ4n) is 2.05. The zero-order valence-electron chi connectivity index (χ0n) is 14.7. The molecule has 0 atom stereocenters. The molecular formula is C18H24N4O3. The number of nitrogens with one attached hydrogen (secondary N) is 3. The zero-order chi connectivity index (χ0) is 18.3. The van der Waals surface area contributed by atoms with Crippen molar-refractivity contribution in [2.75, 3.05) is 18.4 Å². The highest BCUT2D eigenvalue weighted by molar-refractivity contribution is 5.89. The van der Waals surface area contributed by atoms with Gasteiger partial charge < -0.3 is 25.3 Å². The van der Waals surface area contributed by atoms with Gasteiger partial charge >= 0.3 is 12.1 Å². The summed E-state index contributed by atoms with van der Waals surface area (Å²) in [6.45, 7) is 5.96. The van der Waals surface area contributed by atoms with Gasteiger partial charge in [-0.3, -0.25) is 0 Å². The van der Waals surface area contributed by atoms with Crippen molar-refractivity contribution >= 4 is 17.8 Å². The summed E-state index contributed by atoms with van der Waals surface area (Å²) >= 11 is 0. The highest BCUT2D eigenvalue weighted by atomic mass is 16.6. The smallest absolute Gasteiger partial charge is 0.407 e. The Kier molecular flexibility index (Phi) is 6.05. The van der Waals surface area contributed by atoms with E-state index in [2.05, 4.69) is 16.0 Å². The molecule has 0 fully saturated rings. The first kappa shape index (κ1) is 18.4. The van der Waals surface area contributed by atoms with Crippen LogP contribution in [0.4, 0.5) is 15.3 Å². The molecule has 2 aromatic rings. The van der Waals surface area contributed by atoms with E-state index in [1.807, 2.05) is 53.4 Å². The number of nitrogens with zero attached hydrogens (tertiary/aromatic N) is 1. The first-order valence-electron chi connectivity index (χ1n) is 8.08. The van der Waals surface area contributed by atoms with E-state index in [0.29, 0.717) is 12.2 Å². The van der Waals surface area contributed by atoms with E-state index in [-0.39, 0.29) is 12.6 Å². The van der Waals surface area contributed by atoms with Gasteiger partial charge in [-0.05, 0) is 57.2 Å². The van der Waals surface area contributed by atoms with Crippen molar-refractivity contribution in [3.8, 4) is 5.69 Å². The average Bonchev–Trinajstić information content (AvgIpc) is 3.05. The number of hydrogen-bond acceptors (Lipinski definition) is 3. The van der Waals surface area contributed by atoms with E-state index >= 15 is 0 Å². The topological polar surface area (TPSA) is 84.4 Å². The van der Waals surface area contributed by atoms with Crippen molar-refractivity contribution in [1.82, 2.24) is 15.2 Å². The van der Waals surface area contributed by atoms with Crippen LogP contribution in [0.5, 0.6) is 0 Å². The lowest BCUT2D eigenvalue weighted by Crippen LogP contribution is -2.39. The molecule has 134 valence electrons. The van der Waals surface area contributed by atoms with Gasteiger partial charge in [-0.25, -0.2) is 9.59 Å². The Morgan fingerprint density at radius 3 is 2.20 bits per heavy atom. The normalized spacial score (nSPS) is 10.8. The minimum atomic E-state index is -0.540. The quantitative estimate of drug-likeness (QED) is 0.729. The Bertz CT molecular complexity index is 688. The van der Waals surface area contributed by atoms with Gasteiger partial charge in [0.15, 0.2) is 0 Å². The fraction of sp³-hybridized carbons (Fsp3) is 0.333. The molecule has 3 N–H and O–H groups in total. The van der Waals surface area contributed by atoms with E-state index < -0.39 is 11.7 Å². The SMILES string of the molecule is CC(C)(C)OC(=O)NCCNC(=O)Nc1ccc(-n2cccc2)cc1. The molecule has 0 aliphatic carbocycles. The van der Waals surface area contributed by atoms with Crippen molar-refractivity contribution in [1.29, 1.82) is 0 Å². The lowest BCUT2D eigenvalue weighted by Gasteiger charge is -2.19. The Morgan fingerprint density at radius 1 is 1.00 bits per heavy atom. The van der Waals surface area contributed by atoms with E-state index in [1.165, 1.54) is 0 Å². The van der Waals surface area contributed by atoms with Crippen LogP contribution in [-0.2, 0) is 4.74 Å². The van der Waals surface area contributed by atoms with Crippen LogP contribution >= 0.6 is 0 Å². The number of benzene rings is 1. The molecule has 1 heterocycles. The molecule has 0 unspecified atom stereocenters. The number of aromatic nitrogens is 1. The maximum absolute atomic E-state index is 11.8. The molecule has 1 aromatic heterocycles. The van der Waals surface area contributed by atoms with Gasteiger partial charge in [0.2, 0.25) is 0 Å². The molecule has 0 aliphatic rings. The largest absolute Gasteiger partial charge is 0.444 e. The van der Waals surface area contributed by atoms with Crippen LogP contribution in [-0.4, -0.2) is 35.4 Å². The molecule has 0 aliphatic heterocycles. The fourth-order valence-corrected chi connectivity index (χ4v) is 2.05. The summed E-state index contributed by atoms with van der Waals surface area (Å²) in [4.78, 5) is 23.3. The first-order chi connectivity index (χ1) is 11.8. The lowest BCUT2D eigenvalue weighted by molar-refractivity contribution is 0.0528. The van der Waals surface area contributed by atoms with Crippen LogP contribution < -0.4 is 16.0 Å². The summed E-state index contributed by atoms with van der Waals surface area (Å²) in [6, 6.07) is 11.1. The highest BCUT2D eigenvalue weighted by Crippen LogP contribution is 2.13. The van der Waals surface area contributed by atoms with Gasteiger partial charge in [-0.15, -0.1) is 0 Å². The van der Waals surface area contributed by atoms with Crippen molar-refractivity contribution in [2.45, 2.75) is 26.4 Å². The third-order valence-electron chi connectivity index (χ3n) is 3.11. The standard InChI is InChI=1S/C18H24N4O3/c1-18(2,3)25-17(24)20-11-10-19-16(23)21-14-6-8-15(9-7-14)22-12-4-5-13-22/h4-9,12-13H,10-11H2,1-3H3,(H,20,24)(H2,19,21,23). The summed E-state index contributed by atoms with van der Waals surface area (Å²) in [5.41, 5.74) is 1.16. The molecule has 7 heteroatoms. The van der Waals surface area contributed by atoms with Crippen LogP contribution in [0.2, 0.25) is 0 Å². The monoisotopic (exact) mass is 344 g/mol. The Balaban J connectivity index is 1.69. The summed E-state index contributed by atoms with van der Waals surface area (Å²) in [7, 11) is 0. The van der Waals surface area contributed by atoms with Gasteiger partial charge in [0.1, 0.15) is 5.60 Å². The third kappa shape index (κ3) is 6.58. The van der Waals surface area contributed by atoms with Crippen molar-refractivity contribution in [3.05, 3.63) is 48.8 Å². The number of anilines is 1. The number of alkyl carbamates (subject to hydrolysis) is 1. The van der Waals surface area contributed by atoms with E-state index in [0.717, 1.165) is 5.69 Å². The van der Waals surface area contributed by atoms with Crippen LogP contribution in [0.3, 0.4) is 0 Å². The van der Waals surface area contributed by atoms with E-state index in [1.54, 1.807) is 20.8 Å². The zero-order valence-corrected chi connectivity index (χ0v) is 14.7. The number of rotatable bonds is 5. The van der Waals surface area contributed by atoms with Gasteiger partial charge in [0.05, 0.1) is 0 Å². The van der Waals surface area contributed by atoms with E-state index in [4.69, 9.17) is 4.74 Å². The summed E-state index contributed by atoms with van der Waals surface area (Å²) in [5.74, 6) is 0. The molecule has 0 saturated heterocycles. The Morgan fingerprint density at radius 2 is 1.60 bits per heavy atom. The number of carbonyl (C=O) groups excluding carboxylic acids is 2. The van der Waals surface area contributed by atoms with Gasteiger partial charge in [0, 0.05) is 36.9 Å². The predicted molar refractivity (Wildman–Crippen MR) is 97.0 cm³/mol. The summed E-state index contributed by atoms with van der Waals surface area (Å²) in [5, 5.41) is 7.98.